The molecule has 5 rings (SSSR count). The van der Waals surface area contributed by atoms with E-state index in [4.69, 9.17) is 9.47 Å². The largest absolute Gasteiger partial charge is 0.503 e. The zero-order chi connectivity index (χ0) is 24.1. The number of anilines is 1. The summed E-state index contributed by atoms with van der Waals surface area (Å²) >= 11 is 0. The molecule has 2 aliphatic rings. The molecule has 2 N–H and O–H groups in total. The van der Waals surface area contributed by atoms with Gasteiger partial charge in [0.05, 0.1) is 19.3 Å². The fourth-order valence-corrected chi connectivity index (χ4v) is 6.33. The van der Waals surface area contributed by atoms with Crippen molar-refractivity contribution in [1.82, 2.24) is 15.0 Å². The maximum absolute atomic E-state index is 14.5. The van der Waals surface area contributed by atoms with Gasteiger partial charge < -0.3 is 24.5 Å². The molecule has 0 unspecified atom stereocenters. The third-order valence-electron chi connectivity index (χ3n) is 6.82. The summed E-state index contributed by atoms with van der Waals surface area (Å²) in [7, 11) is -3.72. The zero-order valence-electron chi connectivity index (χ0n) is 19.0. The van der Waals surface area contributed by atoms with Gasteiger partial charge in [-0.05, 0) is 38.0 Å². The summed E-state index contributed by atoms with van der Waals surface area (Å²) in [5.41, 5.74) is 1.01. The maximum atomic E-state index is 14.5. The van der Waals surface area contributed by atoms with Crippen LogP contribution in [-0.4, -0.2) is 73.7 Å². The highest BCUT2D eigenvalue weighted by molar-refractivity contribution is 7.91. The zero-order valence-corrected chi connectivity index (χ0v) is 19.9. The van der Waals surface area contributed by atoms with Crippen molar-refractivity contribution in [2.75, 3.05) is 44.1 Å². The van der Waals surface area contributed by atoms with Crippen molar-refractivity contribution in [3.8, 4) is 17.1 Å². The van der Waals surface area contributed by atoms with Gasteiger partial charge in [-0.25, -0.2) is 22.8 Å². The van der Waals surface area contributed by atoms with Crippen LogP contribution in [0.2, 0.25) is 0 Å². The first-order valence-electron chi connectivity index (χ1n) is 11.2. The first kappa shape index (κ1) is 23.0. The molecule has 3 aromatic rings. The Morgan fingerprint density at radius 3 is 2.68 bits per heavy atom. The van der Waals surface area contributed by atoms with Crippen molar-refractivity contribution in [2.45, 2.75) is 30.6 Å². The lowest BCUT2D eigenvalue weighted by atomic mass is 9.93. The fourth-order valence-electron chi connectivity index (χ4n) is 4.92. The summed E-state index contributed by atoms with van der Waals surface area (Å²) in [4.78, 5) is 14.2. The molecule has 11 heteroatoms. The van der Waals surface area contributed by atoms with Crippen LogP contribution in [0.5, 0.6) is 5.75 Å². The molecule has 2 fully saturated rings. The van der Waals surface area contributed by atoms with E-state index in [1.165, 1.54) is 12.1 Å². The Bertz CT molecular complexity index is 1340. The van der Waals surface area contributed by atoms with Gasteiger partial charge in [0.1, 0.15) is 16.3 Å². The minimum atomic E-state index is -3.72. The van der Waals surface area contributed by atoms with E-state index in [1.807, 2.05) is 11.8 Å². The van der Waals surface area contributed by atoms with E-state index in [1.54, 1.807) is 12.3 Å². The van der Waals surface area contributed by atoms with Crippen LogP contribution < -0.4 is 4.90 Å². The molecule has 0 bridgehead atoms. The number of fused-ring (bicyclic) bond motifs is 1. The quantitative estimate of drug-likeness (QED) is 0.573. The summed E-state index contributed by atoms with van der Waals surface area (Å²) in [6, 6.07) is 4.38. The summed E-state index contributed by atoms with van der Waals surface area (Å²) in [6.07, 6.45) is 3.15. The van der Waals surface area contributed by atoms with E-state index in [0.717, 1.165) is 6.26 Å². The highest BCUT2D eigenvalue weighted by atomic mass is 32.2. The molecule has 0 amide bonds. The molecular formula is C23H27FN4O5S. The standard InChI is InChI=1S/C23H27FN4O5S/c1-14-13-33-10-7-28(14)22-19(29)20(23(34(2,30)31)4-8-32-9-5-23)26-21(27-22)17-11-15(24)12-18-16(17)3-6-25-18/h3,6,11-12,14,25,29H,4-5,7-10,13H2,1-2H3/t14-/m1/s1. The van der Waals surface area contributed by atoms with Crippen LogP contribution >= 0.6 is 0 Å². The van der Waals surface area contributed by atoms with Crippen LogP contribution in [-0.2, 0) is 24.1 Å². The predicted molar refractivity (Wildman–Crippen MR) is 125 cm³/mol. The van der Waals surface area contributed by atoms with E-state index in [2.05, 4.69) is 15.0 Å². The van der Waals surface area contributed by atoms with Crippen LogP contribution in [0, 0.1) is 5.82 Å². The Labute approximate surface area is 196 Å². The van der Waals surface area contributed by atoms with Gasteiger partial charge in [0.25, 0.3) is 0 Å². The normalized spacial score (nSPS) is 21.1. The number of benzene rings is 1. The number of nitrogens with zero attached hydrogens (tertiary/aromatic N) is 3. The molecule has 0 aliphatic carbocycles. The number of morpholine rings is 1. The number of nitrogens with one attached hydrogen (secondary N) is 1. The number of ether oxygens (including phenoxy) is 2. The smallest absolute Gasteiger partial charge is 0.182 e. The van der Waals surface area contributed by atoms with Crippen molar-refractivity contribution in [3.05, 3.63) is 35.9 Å². The maximum Gasteiger partial charge on any atom is 0.182 e. The van der Waals surface area contributed by atoms with E-state index in [-0.39, 0.29) is 55.2 Å². The first-order valence-corrected chi connectivity index (χ1v) is 13.1. The minimum Gasteiger partial charge on any atom is -0.503 e. The van der Waals surface area contributed by atoms with E-state index in [9.17, 15) is 17.9 Å². The number of rotatable bonds is 4. The van der Waals surface area contributed by atoms with Crippen molar-refractivity contribution >= 4 is 26.6 Å². The number of aromatic amines is 1. The molecule has 2 saturated heterocycles. The molecule has 1 aromatic carbocycles. The number of hydrogen-bond acceptors (Lipinski definition) is 8. The van der Waals surface area contributed by atoms with Crippen molar-refractivity contribution in [1.29, 1.82) is 0 Å². The Morgan fingerprint density at radius 2 is 1.97 bits per heavy atom. The topological polar surface area (TPSA) is 118 Å². The molecule has 2 aromatic heterocycles. The molecule has 9 nitrogen and oxygen atoms in total. The first-order chi connectivity index (χ1) is 16.2. The number of hydrogen-bond donors (Lipinski definition) is 2. The lowest BCUT2D eigenvalue weighted by Crippen LogP contribution is -2.45. The Balaban J connectivity index is 1.81. The highest BCUT2D eigenvalue weighted by Crippen LogP contribution is 2.46. The van der Waals surface area contributed by atoms with Gasteiger partial charge in [0.15, 0.2) is 27.2 Å². The number of halogens is 1. The second kappa shape index (κ2) is 8.47. The van der Waals surface area contributed by atoms with Gasteiger partial charge in [-0.3, -0.25) is 0 Å². The second-order valence-corrected chi connectivity index (χ2v) is 11.3. The lowest BCUT2D eigenvalue weighted by molar-refractivity contribution is 0.0724. The molecule has 182 valence electrons. The molecule has 0 radical (unpaired) electrons. The Kier molecular flexibility index (Phi) is 5.73. The molecule has 2 aliphatic heterocycles. The van der Waals surface area contributed by atoms with Crippen molar-refractivity contribution in [3.63, 3.8) is 0 Å². The monoisotopic (exact) mass is 490 g/mol. The van der Waals surface area contributed by atoms with E-state index < -0.39 is 20.4 Å². The Hall–Kier alpha value is -2.76. The van der Waals surface area contributed by atoms with Crippen molar-refractivity contribution in [2.24, 2.45) is 0 Å². The minimum absolute atomic E-state index is 0.0324. The van der Waals surface area contributed by atoms with Gasteiger partial charge in [0, 0.05) is 48.7 Å². The average molecular weight is 491 g/mol. The van der Waals surface area contributed by atoms with Gasteiger partial charge in [-0.15, -0.1) is 0 Å². The highest BCUT2D eigenvalue weighted by Gasteiger charge is 2.48. The average Bonchev–Trinajstić information content (AvgIpc) is 3.27. The van der Waals surface area contributed by atoms with E-state index >= 15 is 0 Å². The fraction of sp³-hybridized carbons (Fsp3) is 0.478. The third kappa shape index (κ3) is 3.71. The molecule has 0 spiro atoms. The summed E-state index contributed by atoms with van der Waals surface area (Å²) in [5.74, 6) is -0.377. The van der Waals surface area contributed by atoms with Crippen LogP contribution in [0.3, 0.4) is 0 Å². The van der Waals surface area contributed by atoms with Gasteiger partial charge in [0.2, 0.25) is 0 Å². The van der Waals surface area contributed by atoms with Crippen LogP contribution in [0.25, 0.3) is 22.3 Å². The number of sulfone groups is 1. The number of H-pyrrole nitrogens is 1. The summed E-state index contributed by atoms with van der Waals surface area (Å²) in [6.45, 7) is 3.71. The number of aromatic hydroxyl groups is 1. The van der Waals surface area contributed by atoms with E-state index in [0.29, 0.717) is 36.2 Å². The van der Waals surface area contributed by atoms with Crippen LogP contribution in [0.15, 0.2) is 24.4 Å². The number of aromatic nitrogens is 3. The van der Waals surface area contributed by atoms with Crippen molar-refractivity contribution < 1.29 is 27.4 Å². The SMILES string of the molecule is C[C@@H]1COCCN1c1nc(-c2cc(F)cc3[nH]ccc23)nc(C2(S(C)(=O)=O)CCOCC2)c1O. The Morgan fingerprint density at radius 1 is 1.21 bits per heavy atom. The molecule has 1 atom stereocenters. The summed E-state index contributed by atoms with van der Waals surface area (Å²) in [5, 5.41) is 12.1. The molecular weight excluding hydrogens is 463 g/mol. The lowest BCUT2D eigenvalue weighted by Gasteiger charge is -2.38. The van der Waals surface area contributed by atoms with Gasteiger partial charge in [-0.1, -0.05) is 0 Å². The van der Waals surface area contributed by atoms with Crippen LogP contribution in [0.1, 0.15) is 25.5 Å². The predicted octanol–water partition coefficient (Wildman–Crippen LogP) is 2.75. The van der Waals surface area contributed by atoms with Gasteiger partial charge in [-0.2, -0.15) is 0 Å². The molecule has 4 heterocycles. The van der Waals surface area contributed by atoms with Gasteiger partial charge >= 0.3 is 0 Å². The third-order valence-corrected chi connectivity index (χ3v) is 8.84. The molecule has 34 heavy (non-hydrogen) atoms. The molecule has 0 saturated carbocycles. The summed E-state index contributed by atoms with van der Waals surface area (Å²) < 4.78 is 50.4. The second-order valence-electron chi connectivity index (χ2n) is 8.96. The van der Waals surface area contributed by atoms with Crippen LogP contribution in [0.4, 0.5) is 10.2 Å².